The average molecular weight is 442 g/mol. The summed E-state index contributed by atoms with van der Waals surface area (Å²) in [6, 6.07) is 9.00. The lowest BCUT2D eigenvalue weighted by atomic mass is 10.1. The van der Waals surface area contributed by atoms with E-state index in [0.717, 1.165) is 83.5 Å². The maximum Gasteiger partial charge on any atom is 0.191 e. The largest absolute Gasteiger partial charge is 0.379 e. The molecule has 176 valence electrons. The van der Waals surface area contributed by atoms with Crippen molar-refractivity contribution in [1.29, 1.82) is 0 Å². The number of hydrogen-bond acceptors (Lipinski definition) is 5. The fraction of sp³-hybridized carbons (Fsp3) is 0.625. The van der Waals surface area contributed by atoms with E-state index in [2.05, 4.69) is 75.3 Å². The van der Waals surface area contributed by atoms with Crippen LogP contribution in [0.2, 0.25) is 0 Å². The number of nitrogens with one attached hydrogen (secondary N) is 2. The predicted octanol–water partition coefficient (Wildman–Crippen LogP) is 2.42. The van der Waals surface area contributed by atoms with E-state index >= 15 is 0 Å². The summed E-state index contributed by atoms with van der Waals surface area (Å²) in [5.74, 6) is 1.86. The number of guanidine groups is 1. The highest BCUT2D eigenvalue weighted by molar-refractivity contribution is 5.80. The van der Waals surface area contributed by atoms with Gasteiger partial charge in [0.05, 0.1) is 19.3 Å². The summed E-state index contributed by atoms with van der Waals surface area (Å²) in [5, 5.41) is 15.3. The third-order valence-electron chi connectivity index (χ3n) is 5.90. The molecule has 2 heterocycles. The van der Waals surface area contributed by atoms with E-state index < -0.39 is 0 Å². The molecule has 1 aromatic heterocycles. The minimum Gasteiger partial charge on any atom is -0.379 e. The third-order valence-corrected chi connectivity index (χ3v) is 5.90. The molecule has 1 saturated heterocycles. The molecule has 1 atom stereocenters. The lowest BCUT2D eigenvalue weighted by molar-refractivity contribution is 0.0377. The van der Waals surface area contributed by atoms with Crippen LogP contribution in [0, 0.1) is 0 Å². The van der Waals surface area contributed by atoms with Gasteiger partial charge in [0, 0.05) is 45.7 Å². The first-order valence-electron chi connectivity index (χ1n) is 12.0. The zero-order valence-corrected chi connectivity index (χ0v) is 19.9. The Bertz CT molecular complexity index is 812. The van der Waals surface area contributed by atoms with E-state index in [1.807, 2.05) is 0 Å². The third kappa shape index (κ3) is 7.60. The van der Waals surface area contributed by atoms with Crippen LogP contribution in [0.1, 0.15) is 50.2 Å². The molecule has 0 spiro atoms. The van der Waals surface area contributed by atoms with Crippen LogP contribution in [0.3, 0.4) is 0 Å². The van der Waals surface area contributed by atoms with Gasteiger partial charge in [0.25, 0.3) is 0 Å². The Morgan fingerprint density at radius 3 is 2.62 bits per heavy atom. The van der Waals surface area contributed by atoms with E-state index in [4.69, 9.17) is 9.73 Å². The Balaban J connectivity index is 1.55. The first-order valence-corrected chi connectivity index (χ1v) is 12.0. The smallest absolute Gasteiger partial charge is 0.191 e. The highest BCUT2D eigenvalue weighted by Crippen LogP contribution is 2.13. The maximum absolute atomic E-state index is 5.44. The lowest BCUT2D eigenvalue weighted by Crippen LogP contribution is -2.40. The number of aliphatic imine (C=N–C) groups is 1. The van der Waals surface area contributed by atoms with Gasteiger partial charge in [-0.2, -0.15) is 0 Å². The van der Waals surface area contributed by atoms with Gasteiger partial charge in [-0.25, -0.2) is 0 Å². The van der Waals surface area contributed by atoms with Crippen molar-refractivity contribution >= 4 is 5.96 Å². The van der Waals surface area contributed by atoms with Crippen molar-refractivity contribution in [3.63, 3.8) is 0 Å². The molecular weight excluding hydrogens is 402 g/mol. The molecule has 0 saturated carbocycles. The molecule has 1 unspecified atom stereocenters. The molecule has 3 rings (SSSR count). The predicted molar refractivity (Wildman–Crippen MR) is 129 cm³/mol. The fourth-order valence-corrected chi connectivity index (χ4v) is 3.83. The van der Waals surface area contributed by atoms with Gasteiger partial charge < -0.3 is 19.9 Å². The Labute approximate surface area is 192 Å². The van der Waals surface area contributed by atoms with Crippen molar-refractivity contribution in [2.45, 2.75) is 52.6 Å². The monoisotopic (exact) mass is 441 g/mol. The molecule has 0 aliphatic carbocycles. The molecule has 0 radical (unpaired) electrons. The summed E-state index contributed by atoms with van der Waals surface area (Å²) < 4.78 is 7.53. The number of nitrogens with zero attached hydrogens (tertiary/aromatic N) is 5. The van der Waals surface area contributed by atoms with Gasteiger partial charge >= 0.3 is 0 Å². The summed E-state index contributed by atoms with van der Waals surface area (Å²) in [4.78, 5) is 7.32. The zero-order valence-electron chi connectivity index (χ0n) is 19.9. The van der Waals surface area contributed by atoms with Gasteiger partial charge in [-0.3, -0.25) is 9.89 Å². The summed E-state index contributed by atoms with van der Waals surface area (Å²) in [7, 11) is 0. The van der Waals surface area contributed by atoms with Crippen molar-refractivity contribution in [2.75, 3.05) is 45.9 Å². The molecule has 1 aliphatic heterocycles. The van der Waals surface area contributed by atoms with E-state index in [1.54, 1.807) is 6.33 Å². The van der Waals surface area contributed by atoms with Gasteiger partial charge in [0.2, 0.25) is 0 Å². The van der Waals surface area contributed by atoms with Crippen LogP contribution in [0.5, 0.6) is 0 Å². The maximum atomic E-state index is 5.44. The second-order valence-electron chi connectivity index (χ2n) is 8.22. The summed E-state index contributed by atoms with van der Waals surface area (Å²) >= 11 is 0. The van der Waals surface area contributed by atoms with Gasteiger partial charge in [-0.15, -0.1) is 10.2 Å². The molecular formula is C24H39N7O. The van der Waals surface area contributed by atoms with Crippen molar-refractivity contribution in [1.82, 2.24) is 30.3 Å². The Kier molecular flexibility index (Phi) is 9.97. The fourth-order valence-electron chi connectivity index (χ4n) is 3.83. The molecule has 1 fully saturated rings. The van der Waals surface area contributed by atoms with Crippen LogP contribution >= 0.6 is 0 Å². The lowest BCUT2D eigenvalue weighted by Gasteiger charge is -2.26. The molecule has 8 heteroatoms. The minimum absolute atomic E-state index is 0.174. The first kappa shape index (κ1) is 24.2. The molecule has 8 nitrogen and oxygen atoms in total. The quantitative estimate of drug-likeness (QED) is 0.317. The topological polar surface area (TPSA) is 79.6 Å². The number of aromatic nitrogens is 3. The highest BCUT2D eigenvalue weighted by atomic mass is 16.5. The number of hydrogen-bond donors (Lipinski definition) is 2. The molecule has 32 heavy (non-hydrogen) atoms. The van der Waals surface area contributed by atoms with Crippen molar-refractivity contribution in [3.8, 4) is 0 Å². The molecule has 1 aromatic carbocycles. The number of morpholine rings is 1. The molecule has 0 bridgehead atoms. The second kappa shape index (κ2) is 13.2. The summed E-state index contributed by atoms with van der Waals surface area (Å²) in [6.45, 7) is 13.6. The first-order chi connectivity index (χ1) is 15.7. The molecule has 0 amide bonds. The Hall–Kier alpha value is -2.45. The van der Waals surface area contributed by atoms with Crippen molar-refractivity contribution in [3.05, 3.63) is 47.5 Å². The minimum atomic E-state index is 0.174. The van der Waals surface area contributed by atoms with Crippen molar-refractivity contribution < 1.29 is 4.74 Å². The van der Waals surface area contributed by atoms with E-state index in [1.165, 1.54) is 11.1 Å². The van der Waals surface area contributed by atoms with Crippen LogP contribution in [0.15, 0.2) is 35.6 Å². The van der Waals surface area contributed by atoms with Crippen LogP contribution in [-0.4, -0.2) is 71.6 Å². The molecule has 1 aliphatic rings. The van der Waals surface area contributed by atoms with Crippen LogP contribution in [0.4, 0.5) is 0 Å². The highest BCUT2D eigenvalue weighted by Gasteiger charge is 2.11. The van der Waals surface area contributed by atoms with Gasteiger partial charge in [0.1, 0.15) is 12.2 Å². The molecule has 2 N–H and O–H groups in total. The number of ether oxygens (including phenoxy) is 1. The molecule has 2 aromatic rings. The van der Waals surface area contributed by atoms with Gasteiger partial charge in [-0.05, 0) is 30.9 Å². The average Bonchev–Trinajstić information content (AvgIpc) is 3.29. The van der Waals surface area contributed by atoms with Gasteiger partial charge in [0.15, 0.2) is 5.96 Å². The van der Waals surface area contributed by atoms with E-state index in [9.17, 15) is 0 Å². The van der Waals surface area contributed by atoms with Crippen LogP contribution in [-0.2, 0) is 24.1 Å². The van der Waals surface area contributed by atoms with E-state index in [0.29, 0.717) is 0 Å². The van der Waals surface area contributed by atoms with Crippen LogP contribution in [0.25, 0.3) is 0 Å². The SMILES string of the molecule is CCc1ccc(C(C)NC(=NCCCN2CCOCC2)NCCn2cnnc2CC)cc1. The second-order valence-corrected chi connectivity index (χ2v) is 8.22. The van der Waals surface area contributed by atoms with E-state index in [-0.39, 0.29) is 6.04 Å². The number of rotatable bonds is 11. The number of aryl methyl sites for hydroxylation is 2. The summed E-state index contributed by atoms with van der Waals surface area (Å²) in [5.41, 5.74) is 2.62. The van der Waals surface area contributed by atoms with Crippen LogP contribution < -0.4 is 10.6 Å². The summed E-state index contributed by atoms with van der Waals surface area (Å²) in [6.07, 6.45) is 4.77. The normalized spacial score (nSPS) is 16.2. The zero-order chi connectivity index (χ0) is 22.6. The van der Waals surface area contributed by atoms with Gasteiger partial charge in [-0.1, -0.05) is 38.1 Å². The van der Waals surface area contributed by atoms with Crippen molar-refractivity contribution in [2.24, 2.45) is 4.99 Å². The Morgan fingerprint density at radius 1 is 1.12 bits per heavy atom. The standard InChI is InChI=1S/C24H39N7O/c1-4-21-7-9-22(10-8-21)20(3)28-24(25-11-6-13-30-15-17-32-18-16-30)26-12-14-31-19-27-29-23(31)5-2/h7-10,19-20H,4-6,11-18H2,1-3H3,(H2,25,26,28). The Morgan fingerprint density at radius 2 is 1.91 bits per heavy atom. The number of benzene rings is 1.